The van der Waals surface area contributed by atoms with E-state index in [9.17, 15) is 9.59 Å². The number of thiophene rings is 1. The molecule has 1 unspecified atom stereocenters. The highest BCUT2D eigenvalue weighted by Gasteiger charge is 2.34. The summed E-state index contributed by atoms with van der Waals surface area (Å²) in [4.78, 5) is 26.2. The van der Waals surface area contributed by atoms with Gasteiger partial charge in [-0.25, -0.2) is 4.79 Å². The minimum atomic E-state index is -0.904. The number of rotatable bonds is 2. The second-order valence-electron chi connectivity index (χ2n) is 3.91. The van der Waals surface area contributed by atoms with Crippen LogP contribution in [0.4, 0.5) is 0 Å². The number of hydrogen-bond donors (Lipinski definition) is 1. The van der Waals surface area contributed by atoms with Crippen molar-refractivity contribution in [1.82, 2.24) is 4.90 Å². The normalized spacial score (nSPS) is 20.1. The standard InChI is InChI=1S/C11H13NO3S/c1-7-4-5-9(16-7)10(13)12-6-2-3-8(12)11(14)15/h4-5,8H,2-3,6H2,1H3,(H,14,15). The lowest BCUT2D eigenvalue weighted by Gasteiger charge is -2.20. The van der Waals surface area contributed by atoms with Crippen LogP contribution in [0.3, 0.4) is 0 Å². The van der Waals surface area contributed by atoms with E-state index in [1.807, 2.05) is 13.0 Å². The number of aryl methyl sites for hydroxylation is 1. The van der Waals surface area contributed by atoms with Gasteiger partial charge in [0, 0.05) is 11.4 Å². The molecular formula is C11H13NO3S. The molecule has 0 radical (unpaired) electrons. The Morgan fingerprint density at radius 1 is 1.50 bits per heavy atom. The van der Waals surface area contributed by atoms with E-state index in [2.05, 4.69) is 0 Å². The largest absolute Gasteiger partial charge is 0.480 e. The monoisotopic (exact) mass is 239 g/mol. The third-order valence-electron chi connectivity index (χ3n) is 2.75. The Labute approximate surface area is 97.5 Å². The fourth-order valence-electron chi connectivity index (χ4n) is 1.96. The van der Waals surface area contributed by atoms with Crippen LogP contribution in [0.1, 0.15) is 27.4 Å². The first-order chi connectivity index (χ1) is 7.59. The molecule has 1 atom stereocenters. The second-order valence-corrected chi connectivity index (χ2v) is 5.19. The molecular weight excluding hydrogens is 226 g/mol. The fourth-order valence-corrected chi connectivity index (χ4v) is 2.78. The average Bonchev–Trinajstić information content (AvgIpc) is 2.84. The maximum absolute atomic E-state index is 12.0. The minimum absolute atomic E-state index is 0.150. The summed E-state index contributed by atoms with van der Waals surface area (Å²) in [5, 5.41) is 8.99. The summed E-state index contributed by atoms with van der Waals surface area (Å²) in [7, 11) is 0. The molecule has 86 valence electrons. The molecule has 0 aromatic carbocycles. The Balaban J connectivity index is 2.18. The highest BCUT2D eigenvalue weighted by atomic mass is 32.1. The van der Waals surface area contributed by atoms with Crippen LogP contribution in [0.25, 0.3) is 0 Å². The van der Waals surface area contributed by atoms with Gasteiger partial charge < -0.3 is 10.0 Å². The molecule has 0 bridgehead atoms. The molecule has 0 spiro atoms. The van der Waals surface area contributed by atoms with Crippen molar-refractivity contribution in [3.05, 3.63) is 21.9 Å². The second kappa shape index (κ2) is 4.25. The number of carbonyl (C=O) groups is 2. The van der Waals surface area contributed by atoms with Crippen molar-refractivity contribution >= 4 is 23.2 Å². The maximum Gasteiger partial charge on any atom is 0.326 e. The Morgan fingerprint density at radius 2 is 2.25 bits per heavy atom. The van der Waals surface area contributed by atoms with Crippen LogP contribution in [0.15, 0.2) is 12.1 Å². The number of aliphatic carboxylic acids is 1. The third kappa shape index (κ3) is 1.95. The van der Waals surface area contributed by atoms with Crippen molar-refractivity contribution < 1.29 is 14.7 Å². The Kier molecular flexibility index (Phi) is 2.96. The van der Waals surface area contributed by atoms with Crippen molar-refractivity contribution in [3.8, 4) is 0 Å². The maximum atomic E-state index is 12.0. The minimum Gasteiger partial charge on any atom is -0.480 e. The summed E-state index contributed by atoms with van der Waals surface area (Å²) < 4.78 is 0. The molecule has 2 heterocycles. The van der Waals surface area contributed by atoms with E-state index in [0.717, 1.165) is 11.3 Å². The van der Waals surface area contributed by atoms with E-state index in [1.165, 1.54) is 16.2 Å². The van der Waals surface area contributed by atoms with Gasteiger partial charge in [-0.2, -0.15) is 0 Å². The molecule has 5 heteroatoms. The third-order valence-corrected chi connectivity index (χ3v) is 3.74. The zero-order valence-corrected chi connectivity index (χ0v) is 9.79. The Bertz CT molecular complexity index is 427. The van der Waals surface area contributed by atoms with Crippen LogP contribution in [-0.2, 0) is 4.79 Å². The van der Waals surface area contributed by atoms with Gasteiger partial charge in [0.05, 0.1) is 4.88 Å². The van der Waals surface area contributed by atoms with Crippen LogP contribution in [-0.4, -0.2) is 34.5 Å². The summed E-state index contributed by atoms with van der Waals surface area (Å²) in [6.45, 7) is 2.48. The number of hydrogen-bond acceptors (Lipinski definition) is 3. The van der Waals surface area contributed by atoms with Crippen LogP contribution in [0.2, 0.25) is 0 Å². The van der Waals surface area contributed by atoms with E-state index in [0.29, 0.717) is 17.8 Å². The number of amides is 1. The van der Waals surface area contributed by atoms with Crippen molar-refractivity contribution in [2.45, 2.75) is 25.8 Å². The zero-order chi connectivity index (χ0) is 11.7. The lowest BCUT2D eigenvalue weighted by molar-refractivity contribution is -0.141. The van der Waals surface area contributed by atoms with Gasteiger partial charge in [-0.15, -0.1) is 11.3 Å². The molecule has 0 saturated carbocycles. The van der Waals surface area contributed by atoms with Crippen molar-refractivity contribution in [2.75, 3.05) is 6.54 Å². The van der Waals surface area contributed by atoms with E-state index in [1.54, 1.807) is 6.07 Å². The van der Waals surface area contributed by atoms with Crippen molar-refractivity contribution in [2.24, 2.45) is 0 Å². The quantitative estimate of drug-likeness (QED) is 0.855. The van der Waals surface area contributed by atoms with Gasteiger partial charge in [0.25, 0.3) is 5.91 Å². The summed E-state index contributed by atoms with van der Waals surface area (Å²) in [6, 6.07) is 3.00. The molecule has 2 rings (SSSR count). The summed E-state index contributed by atoms with van der Waals surface area (Å²) >= 11 is 1.41. The lowest BCUT2D eigenvalue weighted by atomic mass is 10.2. The molecule has 1 aromatic rings. The van der Waals surface area contributed by atoms with Crippen molar-refractivity contribution in [3.63, 3.8) is 0 Å². The Morgan fingerprint density at radius 3 is 2.81 bits per heavy atom. The van der Waals surface area contributed by atoms with Crippen LogP contribution >= 0.6 is 11.3 Å². The summed E-state index contributed by atoms with van der Waals surface area (Å²) in [5.74, 6) is -1.05. The van der Waals surface area contributed by atoms with Gasteiger partial charge in [0.2, 0.25) is 0 Å². The number of nitrogens with zero attached hydrogens (tertiary/aromatic N) is 1. The topological polar surface area (TPSA) is 57.6 Å². The summed E-state index contributed by atoms with van der Waals surface area (Å²) in [6.07, 6.45) is 1.33. The number of carbonyl (C=O) groups excluding carboxylic acids is 1. The fraction of sp³-hybridized carbons (Fsp3) is 0.455. The molecule has 1 aliphatic rings. The molecule has 4 nitrogen and oxygen atoms in total. The van der Waals surface area contributed by atoms with E-state index < -0.39 is 12.0 Å². The predicted molar refractivity (Wildman–Crippen MR) is 60.8 cm³/mol. The molecule has 1 saturated heterocycles. The van der Waals surface area contributed by atoms with E-state index in [-0.39, 0.29) is 5.91 Å². The highest BCUT2D eigenvalue weighted by Crippen LogP contribution is 2.23. The summed E-state index contributed by atoms with van der Waals surface area (Å²) in [5.41, 5.74) is 0. The van der Waals surface area contributed by atoms with Crippen molar-refractivity contribution in [1.29, 1.82) is 0 Å². The predicted octanol–water partition coefficient (Wildman–Crippen LogP) is 1.75. The van der Waals surface area contributed by atoms with E-state index in [4.69, 9.17) is 5.11 Å². The molecule has 0 aliphatic carbocycles. The van der Waals surface area contributed by atoms with Gasteiger partial charge in [-0.3, -0.25) is 4.79 Å². The van der Waals surface area contributed by atoms with Gasteiger partial charge in [-0.05, 0) is 31.9 Å². The highest BCUT2D eigenvalue weighted by molar-refractivity contribution is 7.13. The Hall–Kier alpha value is -1.36. The van der Waals surface area contributed by atoms with Crippen LogP contribution in [0, 0.1) is 6.92 Å². The number of carboxylic acids is 1. The van der Waals surface area contributed by atoms with Gasteiger partial charge >= 0.3 is 5.97 Å². The molecule has 1 N–H and O–H groups in total. The smallest absolute Gasteiger partial charge is 0.326 e. The first-order valence-electron chi connectivity index (χ1n) is 5.20. The first kappa shape index (κ1) is 11.1. The molecule has 1 amide bonds. The zero-order valence-electron chi connectivity index (χ0n) is 8.97. The lowest BCUT2D eigenvalue weighted by Crippen LogP contribution is -2.40. The van der Waals surface area contributed by atoms with E-state index >= 15 is 0 Å². The van der Waals surface area contributed by atoms with Gasteiger partial charge in [0.15, 0.2) is 0 Å². The molecule has 16 heavy (non-hydrogen) atoms. The van der Waals surface area contributed by atoms with Crippen LogP contribution < -0.4 is 0 Å². The average molecular weight is 239 g/mol. The SMILES string of the molecule is Cc1ccc(C(=O)N2CCCC2C(=O)O)s1. The molecule has 1 aromatic heterocycles. The molecule has 1 aliphatic heterocycles. The number of carboxylic acid groups (broad SMARTS) is 1. The van der Waals surface area contributed by atoms with Gasteiger partial charge in [-0.1, -0.05) is 0 Å². The van der Waals surface area contributed by atoms with Gasteiger partial charge in [0.1, 0.15) is 6.04 Å². The first-order valence-corrected chi connectivity index (χ1v) is 6.01. The molecule has 1 fully saturated rings. The van der Waals surface area contributed by atoms with Crippen LogP contribution in [0.5, 0.6) is 0 Å². The number of likely N-dealkylation sites (tertiary alicyclic amines) is 1.